The topological polar surface area (TPSA) is 151 Å². The third-order valence-corrected chi connectivity index (χ3v) is 6.30. The van der Waals surface area contributed by atoms with E-state index < -0.39 is 6.04 Å². The van der Waals surface area contributed by atoms with Gasteiger partial charge in [0, 0.05) is 31.0 Å². The number of amides is 1. The van der Waals surface area contributed by atoms with Crippen molar-refractivity contribution in [1.82, 2.24) is 20.6 Å². The largest absolute Gasteiger partial charge is 0.469 e. The van der Waals surface area contributed by atoms with Gasteiger partial charge in [-0.1, -0.05) is 44.0 Å². The summed E-state index contributed by atoms with van der Waals surface area (Å²) in [7, 11) is 1.36. The maximum atomic E-state index is 13.1. The summed E-state index contributed by atoms with van der Waals surface area (Å²) < 4.78 is 4.74. The summed E-state index contributed by atoms with van der Waals surface area (Å²) in [4.78, 5) is 33.4. The second-order valence-electron chi connectivity index (χ2n) is 9.40. The van der Waals surface area contributed by atoms with Gasteiger partial charge in [0.2, 0.25) is 11.9 Å². The quantitative estimate of drug-likeness (QED) is 0.145. The number of hydrogen-bond donors (Lipinski definition) is 5. The highest BCUT2D eigenvalue weighted by Crippen LogP contribution is 2.20. The molecule has 1 heterocycles. The van der Waals surface area contributed by atoms with Crippen molar-refractivity contribution in [3.8, 4) is 0 Å². The molecule has 0 aliphatic heterocycles. The fraction of sp³-hybridized carbons (Fsp3) is 0.571. The van der Waals surface area contributed by atoms with Crippen LogP contribution in [0.5, 0.6) is 0 Å². The number of methoxy groups -OCH3 is 1. The van der Waals surface area contributed by atoms with Crippen LogP contribution >= 0.6 is 0 Å². The van der Waals surface area contributed by atoms with Crippen LogP contribution in [0.2, 0.25) is 0 Å². The summed E-state index contributed by atoms with van der Waals surface area (Å²) >= 11 is 0. The Bertz CT molecular complexity index is 1020. The number of nitrogens with two attached hydrogens (primary N) is 1. The number of rotatable bonds is 18. The Morgan fingerprint density at radius 1 is 1.11 bits per heavy atom. The molecule has 2 rings (SSSR count). The van der Waals surface area contributed by atoms with E-state index >= 15 is 0 Å². The van der Waals surface area contributed by atoms with Crippen molar-refractivity contribution in [2.24, 2.45) is 0 Å². The number of anilines is 2. The first kappa shape index (κ1) is 31.0. The molecule has 1 amide bonds. The zero-order valence-electron chi connectivity index (χ0n) is 23.0. The average Bonchev–Trinajstić information content (AvgIpc) is 2.90. The zero-order chi connectivity index (χ0) is 27.8. The molecule has 1 aromatic heterocycles. The van der Waals surface area contributed by atoms with Gasteiger partial charge in [0.1, 0.15) is 5.82 Å². The van der Waals surface area contributed by atoms with Crippen LogP contribution in [0.4, 0.5) is 11.8 Å². The number of nitrogens with zero attached hydrogens (tertiary/aromatic N) is 2. The average molecular weight is 529 g/mol. The summed E-state index contributed by atoms with van der Waals surface area (Å²) in [6, 6.07) is 7.12. The lowest BCUT2D eigenvalue weighted by atomic mass is 10.0. The number of carbonyl (C=O) groups excluding carboxylic acids is 2. The smallest absolute Gasteiger partial charge is 0.309 e. The molecule has 0 aliphatic rings. The zero-order valence-corrected chi connectivity index (χ0v) is 23.0. The van der Waals surface area contributed by atoms with Crippen molar-refractivity contribution in [2.75, 3.05) is 37.9 Å². The van der Waals surface area contributed by atoms with E-state index in [0.29, 0.717) is 32.4 Å². The second kappa shape index (κ2) is 17.3. The van der Waals surface area contributed by atoms with E-state index in [0.717, 1.165) is 60.4 Å². The van der Waals surface area contributed by atoms with Gasteiger partial charge in [-0.25, -0.2) is 4.98 Å². The Balaban J connectivity index is 1.99. The molecule has 10 heteroatoms. The van der Waals surface area contributed by atoms with Gasteiger partial charge in [0.25, 0.3) is 0 Å². The summed E-state index contributed by atoms with van der Waals surface area (Å²) in [6.07, 6.45) is 6.17. The molecule has 38 heavy (non-hydrogen) atoms. The Labute approximate surface area is 226 Å². The number of ether oxygens (including phenoxy) is 1. The number of hydrogen-bond acceptors (Lipinski definition) is 9. The van der Waals surface area contributed by atoms with Crippen LogP contribution in [-0.2, 0) is 33.7 Å². The maximum absolute atomic E-state index is 13.1. The van der Waals surface area contributed by atoms with Crippen molar-refractivity contribution in [2.45, 2.75) is 77.8 Å². The molecule has 6 N–H and O–H groups in total. The number of aryl methyl sites for hydroxylation is 1. The molecule has 0 saturated heterocycles. The molecule has 0 fully saturated rings. The van der Waals surface area contributed by atoms with E-state index in [2.05, 4.69) is 32.8 Å². The molecule has 0 spiro atoms. The normalized spacial score (nSPS) is 11.7. The highest BCUT2D eigenvalue weighted by atomic mass is 16.5. The number of nitrogens with one attached hydrogen (secondary N) is 3. The molecule has 0 saturated carbocycles. The van der Waals surface area contributed by atoms with Crippen LogP contribution < -0.4 is 21.7 Å². The molecule has 0 aliphatic carbocycles. The van der Waals surface area contributed by atoms with Crippen molar-refractivity contribution in [3.05, 3.63) is 46.6 Å². The highest BCUT2D eigenvalue weighted by Gasteiger charge is 2.19. The monoisotopic (exact) mass is 528 g/mol. The first-order valence-electron chi connectivity index (χ1n) is 13.5. The summed E-state index contributed by atoms with van der Waals surface area (Å²) in [5, 5.41) is 18.9. The third kappa shape index (κ3) is 11.0. The molecule has 0 bridgehead atoms. The van der Waals surface area contributed by atoms with Crippen molar-refractivity contribution in [1.29, 1.82) is 0 Å². The number of aromatic nitrogens is 2. The van der Waals surface area contributed by atoms with Crippen LogP contribution in [0, 0.1) is 6.92 Å². The molecule has 0 radical (unpaired) electrons. The van der Waals surface area contributed by atoms with Gasteiger partial charge in [-0.2, -0.15) is 4.98 Å². The second-order valence-corrected chi connectivity index (χ2v) is 9.40. The number of benzene rings is 1. The van der Waals surface area contributed by atoms with Gasteiger partial charge in [0.15, 0.2) is 0 Å². The SMILES string of the molecule is CCCCCNc1nc(N)nc(C)c1CCCC(NCCCO)C(=O)NCc1cccc(CC(=O)OC)c1. The number of carbonyl (C=O) groups is 2. The number of aliphatic hydroxyl groups excluding tert-OH is 1. The minimum absolute atomic E-state index is 0.0589. The van der Waals surface area contributed by atoms with Gasteiger partial charge >= 0.3 is 5.97 Å². The molecular weight excluding hydrogens is 484 g/mol. The van der Waals surface area contributed by atoms with Crippen molar-refractivity contribution < 1.29 is 19.4 Å². The maximum Gasteiger partial charge on any atom is 0.309 e. The Hall–Kier alpha value is -3.24. The minimum atomic E-state index is -0.407. The lowest BCUT2D eigenvalue weighted by molar-refractivity contribution is -0.139. The predicted molar refractivity (Wildman–Crippen MR) is 150 cm³/mol. The Kier molecular flexibility index (Phi) is 14.1. The van der Waals surface area contributed by atoms with E-state index in [4.69, 9.17) is 10.5 Å². The van der Waals surface area contributed by atoms with E-state index in [1.807, 2.05) is 31.2 Å². The molecule has 1 aromatic carbocycles. The van der Waals surface area contributed by atoms with Crippen LogP contribution in [0.3, 0.4) is 0 Å². The standard InChI is InChI=1S/C28H44N6O4/c1-4-5-6-14-31-26-23(20(2)33-28(29)34-26)12-8-13-24(30-15-9-16-35)27(37)32-19-22-11-7-10-21(17-22)18-25(36)38-3/h7,10-11,17,24,30,35H,4-6,8-9,12-16,18-19H2,1-3H3,(H,32,37)(H3,29,31,33,34). The number of esters is 1. The fourth-order valence-corrected chi connectivity index (χ4v) is 4.21. The van der Waals surface area contributed by atoms with Crippen LogP contribution in [0.1, 0.15) is 67.8 Å². The minimum Gasteiger partial charge on any atom is -0.469 e. The van der Waals surface area contributed by atoms with Crippen molar-refractivity contribution >= 4 is 23.6 Å². The van der Waals surface area contributed by atoms with E-state index in [1.165, 1.54) is 7.11 Å². The summed E-state index contributed by atoms with van der Waals surface area (Å²) in [5.41, 5.74) is 9.50. The molecule has 1 atom stereocenters. The van der Waals surface area contributed by atoms with Crippen LogP contribution in [-0.4, -0.2) is 59.8 Å². The lowest BCUT2D eigenvalue weighted by Gasteiger charge is -2.19. The Morgan fingerprint density at radius 2 is 1.89 bits per heavy atom. The highest BCUT2D eigenvalue weighted by molar-refractivity contribution is 5.81. The van der Waals surface area contributed by atoms with Gasteiger partial charge < -0.3 is 31.5 Å². The first-order chi connectivity index (χ1) is 18.4. The van der Waals surface area contributed by atoms with Gasteiger partial charge in [-0.15, -0.1) is 0 Å². The molecule has 2 aromatic rings. The first-order valence-corrected chi connectivity index (χ1v) is 13.5. The van der Waals surface area contributed by atoms with Crippen LogP contribution in [0.25, 0.3) is 0 Å². The number of nitrogen functional groups attached to an aromatic ring is 1. The van der Waals surface area contributed by atoms with E-state index in [9.17, 15) is 14.7 Å². The lowest BCUT2D eigenvalue weighted by Crippen LogP contribution is -2.44. The molecular formula is C28H44N6O4. The van der Waals surface area contributed by atoms with Crippen LogP contribution in [0.15, 0.2) is 24.3 Å². The summed E-state index contributed by atoms with van der Waals surface area (Å²) in [6.45, 7) is 5.87. The Morgan fingerprint density at radius 3 is 2.63 bits per heavy atom. The van der Waals surface area contributed by atoms with E-state index in [1.54, 1.807) is 0 Å². The summed E-state index contributed by atoms with van der Waals surface area (Å²) in [5.74, 6) is 0.611. The number of unbranched alkanes of at least 4 members (excludes halogenated alkanes) is 2. The molecule has 210 valence electrons. The third-order valence-electron chi connectivity index (χ3n) is 6.30. The molecule has 1 unspecified atom stereocenters. The van der Waals surface area contributed by atoms with Gasteiger partial charge in [-0.05, 0) is 56.7 Å². The molecule has 10 nitrogen and oxygen atoms in total. The predicted octanol–water partition coefficient (Wildman–Crippen LogP) is 2.66. The van der Waals surface area contributed by atoms with Gasteiger partial charge in [-0.3, -0.25) is 9.59 Å². The van der Waals surface area contributed by atoms with Gasteiger partial charge in [0.05, 0.1) is 19.6 Å². The fourth-order valence-electron chi connectivity index (χ4n) is 4.21. The van der Waals surface area contributed by atoms with Crippen molar-refractivity contribution in [3.63, 3.8) is 0 Å². The van der Waals surface area contributed by atoms with E-state index in [-0.39, 0.29) is 30.9 Å². The number of aliphatic hydroxyl groups is 1.